The second-order valence-corrected chi connectivity index (χ2v) is 11.0. The molecule has 2 aliphatic rings. The zero-order valence-electron chi connectivity index (χ0n) is 14.0. The lowest BCUT2D eigenvalue weighted by molar-refractivity contribution is -0.178. The molecule has 0 aromatic rings. The van der Waals surface area contributed by atoms with Crippen LogP contribution in [0.25, 0.3) is 0 Å². The molecule has 2 heterocycles. The Morgan fingerprint density at radius 1 is 0.714 bits per heavy atom. The summed E-state index contributed by atoms with van der Waals surface area (Å²) in [6, 6.07) is 0. The van der Waals surface area contributed by atoms with Gasteiger partial charge in [-0.2, -0.15) is 0 Å². The van der Waals surface area contributed by atoms with Crippen LogP contribution in [-0.2, 0) is 9.47 Å². The van der Waals surface area contributed by atoms with Gasteiger partial charge in [0, 0.05) is 0 Å². The fourth-order valence-electron chi connectivity index (χ4n) is 3.02. The Morgan fingerprint density at radius 3 is 1.18 bits per heavy atom. The van der Waals surface area contributed by atoms with Crippen molar-refractivity contribution in [2.24, 2.45) is 0 Å². The first-order valence-electron chi connectivity index (χ1n) is 8.01. The van der Waals surface area contributed by atoms with Crippen LogP contribution < -0.4 is 0 Å². The van der Waals surface area contributed by atoms with Gasteiger partial charge in [-0.05, 0) is 25.7 Å². The molecule has 0 bridgehead atoms. The zero-order chi connectivity index (χ0) is 21.4. The average molecular weight is 527 g/mol. The first-order valence-corrected chi connectivity index (χ1v) is 10.3. The van der Waals surface area contributed by atoms with Crippen LogP contribution in [0.1, 0.15) is 25.7 Å². The molecule has 164 valence electrons. The van der Waals surface area contributed by atoms with E-state index in [4.69, 9.17) is 79.1 Å². The topological polar surface area (TPSA) is 123 Å². The number of halogens is 6. The van der Waals surface area contributed by atoms with Gasteiger partial charge < -0.3 is 29.9 Å². The minimum Gasteiger partial charge on any atom is -0.410 e. The molecule has 4 N–H and O–H groups in total. The number of alkyl halides is 6. The number of carbonyl (C=O) groups is 1. The van der Waals surface area contributed by atoms with Gasteiger partial charge in [0.15, 0.2) is 0 Å². The van der Waals surface area contributed by atoms with Crippen LogP contribution in [0.5, 0.6) is 0 Å². The van der Waals surface area contributed by atoms with E-state index in [0.717, 1.165) is 9.80 Å². The maximum Gasteiger partial charge on any atom is 0.511 e. The number of ether oxygens (including phenoxy) is 2. The molecule has 0 amide bonds. The molecular weight excluding hydrogens is 509 g/mol. The molecule has 0 aromatic heterocycles. The molecule has 9 nitrogen and oxygen atoms in total. The third-order valence-electron chi connectivity index (χ3n) is 4.26. The third-order valence-corrected chi connectivity index (χ3v) is 5.38. The molecule has 15 heteroatoms. The van der Waals surface area contributed by atoms with Crippen molar-refractivity contribution in [3.8, 4) is 0 Å². The van der Waals surface area contributed by atoms with Gasteiger partial charge in [0.05, 0.1) is 0 Å². The molecule has 6 unspecified atom stereocenters. The summed E-state index contributed by atoms with van der Waals surface area (Å²) in [5, 5.41) is 39.9. The number of rotatable bonds is 4. The fraction of sp³-hybridized carbons (Fsp3) is 0.923. The highest BCUT2D eigenvalue weighted by atomic mass is 35.6. The Hall–Kier alpha value is 0.770. The zero-order valence-corrected chi connectivity index (χ0v) is 18.5. The number of aliphatic hydroxyl groups is 4. The summed E-state index contributed by atoms with van der Waals surface area (Å²) < 4.78 is 5.39. The molecule has 2 fully saturated rings. The first-order chi connectivity index (χ1) is 12.7. The van der Waals surface area contributed by atoms with Gasteiger partial charge in [-0.3, -0.25) is 0 Å². The van der Waals surface area contributed by atoms with Crippen LogP contribution in [0.15, 0.2) is 0 Å². The molecule has 28 heavy (non-hydrogen) atoms. The van der Waals surface area contributed by atoms with Gasteiger partial charge in [-0.1, -0.05) is 69.6 Å². The lowest BCUT2D eigenvalue weighted by Crippen LogP contribution is -2.55. The van der Waals surface area contributed by atoms with Crippen LogP contribution in [0.4, 0.5) is 4.79 Å². The fourth-order valence-corrected chi connectivity index (χ4v) is 3.96. The standard InChI is InChI=1S/C13H18Cl6N2O7/c14-12(15,16)9(20-5(22)1-2-6(20)23)27-11(26)28-10(13(17,18)19)21-7(24)3-4-8(21)25/h5-10,22-25H,1-4H2. The lowest BCUT2D eigenvalue weighted by atomic mass is 10.3. The van der Waals surface area contributed by atoms with E-state index in [1.807, 2.05) is 0 Å². The van der Waals surface area contributed by atoms with Crippen molar-refractivity contribution in [1.82, 2.24) is 9.80 Å². The maximum atomic E-state index is 12.3. The van der Waals surface area contributed by atoms with E-state index < -0.39 is 51.1 Å². The summed E-state index contributed by atoms with van der Waals surface area (Å²) in [6.45, 7) is 0. The molecule has 0 aromatic carbocycles. The molecule has 0 saturated carbocycles. The van der Waals surface area contributed by atoms with Crippen molar-refractivity contribution in [3.63, 3.8) is 0 Å². The highest BCUT2D eigenvalue weighted by Gasteiger charge is 2.51. The van der Waals surface area contributed by atoms with E-state index in [1.165, 1.54) is 0 Å². The van der Waals surface area contributed by atoms with Crippen molar-refractivity contribution in [1.29, 1.82) is 0 Å². The molecule has 0 spiro atoms. The van der Waals surface area contributed by atoms with E-state index in [1.54, 1.807) is 0 Å². The summed E-state index contributed by atoms with van der Waals surface area (Å²) in [6.07, 6.45) is -9.46. The summed E-state index contributed by atoms with van der Waals surface area (Å²) in [5.74, 6) is 0. The number of nitrogens with zero attached hydrogens (tertiary/aromatic N) is 2. The largest absolute Gasteiger partial charge is 0.511 e. The number of aliphatic hydroxyl groups excluding tert-OH is 4. The smallest absolute Gasteiger partial charge is 0.410 e. The Morgan fingerprint density at radius 2 is 0.964 bits per heavy atom. The van der Waals surface area contributed by atoms with Gasteiger partial charge in [0.25, 0.3) is 0 Å². The number of likely N-dealkylation sites (tertiary alicyclic amines) is 2. The molecule has 2 rings (SSSR count). The SMILES string of the molecule is O=C(OC(N1C(O)CCC1O)C(Cl)(Cl)Cl)OC(N1C(O)CCC1O)C(Cl)(Cl)Cl. The average Bonchev–Trinajstić information content (AvgIpc) is 3.03. The maximum absolute atomic E-state index is 12.3. The summed E-state index contributed by atoms with van der Waals surface area (Å²) in [7, 11) is 0. The molecule has 2 aliphatic heterocycles. The van der Waals surface area contributed by atoms with Gasteiger partial charge in [0.2, 0.25) is 20.0 Å². The van der Waals surface area contributed by atoms with Gasteiger partial charge in [-0.25, -0.2) is 14.6 Å². The van der Waals surface area contributed by atoms with Crippen molar-refractivity contribution in [2.75, 3.05) is 0 Å². The highest BCUT2D eigenvalue weighted by molar-refractivity contribution is 6.68. The Bertz CT molecular complexity index is 496. The number of hydrogen-bond acceptors (Lipinski definition) is 9. The predicted octanol–water partition coefficient (Wildman–Crippen LogP) is 2.00. The van der Waals surface area contributed by atoms with E-state index in [9.17, 15) is 25.2 Å². The van der Waals surface area contributed by atoms with Crippen molar-refractivity contribution in [2.45, 2.75) is 70.6 Å². The lowest BCUT2D eigenvalue weighted by Gasteiger charge is -2.38. The Kier molecular flexibility index (Phi) is 8.49. The van der Waals surface area contributed by atoms with Crippen LogP contribution >= 0.6 is 69.6 Å². The summed E-state index contributed by atoms with van der Waals surface area (Å²) in [4.78, 5) is 14.1. The monoisotopic (exact) mass is 524 g/mol. The van der Waals surface area contributed by atoms with Crippen LogP contribution in [0.3, 0.4) is 0 Å². The minimum atomic E-state index is -2.28. The van der Waals surface area contributed by atoms with Crippen molar-refractivity contribution >= 4 is 75.8 Å². The normalized spacial score (nSPS) is 32.4. The Balaban J connectivity index is 2.17. The Labute approximate surface area is 190 Å². The van der Waals surface area contributed by atoms with Crippen LogP contribution in [0, 0.1) is 0 Å². The number of carbonyl (C=O) groups excluding carboxylic acids is 1. The van der Waals surface area contributed by atoms with Gasteiger partial charge >= 0.3 is 6.16 Å². The minimum absolute atomic E-state index is 0.139. The molecule has 0 radical (unpaired) electrons. The molecule has 0 aliphatic carbocycles. The van der Waals surface area contributed by atoms with E-state index >= 15 is 0 Å². The van der Waals surface area contributed by atoms with E-state index in [-0.39, 0.29) is 25.7 Å². The second kappa shape index (κ2) is 9.50. The van der Waals surface area contributed by atoms with E-state index in [2.05, 4.69) is 0 Å². The van der Waals surface area contributed by atoms with Gasteiger partial charge in [0.1, 0.15) is 24.9 Å². The molecule has 2 saturated heterocycles. The van der Waals surface area contributed by atoms with Crippen molar-refractivity contribution in [3.05, 3.63) is 0 Å². The molecule has 6 atom stereocenters. The van der Waals surface area contributed by atoms with E-state index in [0.29, 0.717) is 0 Å². The van der Waals surface area contributed by atoms with Crippen molar-refractivity contribution < 1.29 is 34.7 Å². The predicted molar refractivity (Wildman–Crippen MR) is 102 cm³/mol. The quantitative estimate of drug-likeness (QED) is 0.322. The number of hydrogen-bond donors (Lipinski definition) is 4. The molecular formula is C13H18Cl6N2O7. The third kappa shape index (κ3) is 5.93. The second-order valence-electron chi connectivity index (χ2n) is 6.25. The van der Waals surface area contributed by atoms with Gasteiger partial charge in [-0.15, -0.1) is 0 Å². The highest BCUT2D eigenvalue weighted by Crippen LogP contribution is 2.41. The first kappa shape index (κ1) is 25.0. The summed E-state index contributed by atoms with van der Waals surface area (Å²) >= 11 is 34.9. The van der Waals surface area contributed by atoms with Crippen LogP contribution in [-0.4, -0.2) is 81.3 Å². The van der Waals surface area contributed by atoms with Crippen LogP contribution in [0.2, 0.25) is 0 Å². The summed E-state index contributed by atoms with van der Waals surface area (Å²) in [5.41, 5.74) is 0.